The summed E-state index contributed by atoms with van der Waals surface area (Å²) < 4.78 is 12.5. The van der Waals surface area contributed by atoms with Crippen molar-refractivity contribution in [2.75, 3.05) is 18.5 Å². The smallest absolute Gasteiger partial charge is 0.274 e. The van der Waals surface area contributed by atoms with Crippen LogP contribution in [0.4, 0.5) is 5.69 Å². The lowest BCUT2D eigenvalue weighted by Crippen LogP contribution is -2.38. The summed E-state index contributed by atoms with van der Waals surface area (Å²) >= 11 is 0. The average Bonchev–Trinajstić information content (AvgIpc) is 3.41. The number of aryl methyl sites for hydroxylation is 1. The lowest BCUT2D eigenvalue weighted by atomic mass is 10.2. The van der Waals surface area contributed by atoms with Crippen LogP contribution in [0.3, 0.4) is 0 Å². The molecular formula is C21H19N7O3. The Balaban J connectivity index is 1.36. The zero-order valence-electron chi connectivity index (χ0n) is 16.6. The summed E-state index contributed by atoms with van der Waals surface area (Å²) in [6.45, 7) is 1.18. The van der Waals surface area contributed by atoms with Gasteiger partial charge in [0.1, 0.15) is 23.2 Å². The Morgan fingerprint density at radius 3 is 2.84 bits per heavy atom. The van der Waals surface area contributed by atoms with Crippen molar-refractivity contribution in [1.82, 2.24) is 29.9 Å². The largest absolute Gasteiger partial charge is 0.484 e. The number of amides is 1. The fraction of sp³-hybridized carbons (Fsp3) is 0.190. The van der Waals surface area contributed by atoms with E-state index in [0.29, 0.717) is 41.7 Å². The Hall–Kier alpha value is -4.05. The molecule has 5 heterocycles. The first-order valence-electron chi connectivity index (χ1n) is 9.68. The summed E-state index contributed by atoms with van der Waals surface area (Å²) in [5.74, 6) is 0.323. The predicted octanol–water partition coefficient (Wildman–Crippen LogP) is 2.30. The van der Waals surface area contributed by atoms with Crippen molar-refractivity contribution in [3.05, 3.63) is 60.8 Å². The van der Waals surface area contributed by atoms with Gasteiger partial charge >= 0.3 is 0 Å². The van der Waals surface area contributed by atoms with Crippen LogP contribution in [-0.4, -0.2) is 55.2 Å². The SMILES string of the molecule is Cn1cc(NC(=O)c2cccc(-c3cn[nH]c3)n2)c(-c2ccc(OC3COC3)cn2)n1. The van der Waals surface area contributed by atoms with Gasteiger partial charge in [0.2, 0.25) is 0 Å². The van der Waals surface area contributed by atoms with Crippen LogP contribution in [0.25, 0.3) is 22.6 Å². The average molecular weight is 417 g/mol. The maximum atomic E-state index is 12.9. The van der Waals surface area contributed by atoms with Crippen molar-refractivity contribution >= 4 is 11.6 Å². The van der Waals surface area contributed by atoms with E-state index in [4.69, 9.17) is 9.47 Å². The molecule has 0 aromatic carbocycles. The van der Waals surface area contributed by atoms with Crippen molar-refractivity contribution in [2.45, 2.75) is 6.10 Å². The van der Waals surface area contributed by atoms with Gasteiger partial charge < -0.3 is 14.8 Å². The number of rotatable bonds is 6. The third-order valence-electron chi connectivity index (χ3n) is 4.74. The Morgan fingerprint density at radius 2 is 2.13 bits per heavy atom. The molecule has 1 fully saturated rings. The molecule has 0 saturated carbocycles. The number of H-pyrrole nitrogens is 1. The molecule has 10 heteroatoms. The molecule has 156 valence electrons. The number of aromatic amines is 1. The van der Waals surface area contributed by atoms with Gasteiger partial charge in [0, 0.05) is 25.0 Å². The summed E-state index contributed by atoms with van der Waals surface area (Å²) in [4.78, 5) is 21.7. The normalized spacial score (nSPS) is 13.6. The summed E-state index contributed by atoms with van der Waals surface area (Å²) in [7, 11) is 1.78. The van der Waals surface area contributed by atoms with E-state index in [1.807, 2.05) is 18.2 Å². The molecule has 0 atom stereocenters. The first-order chi connectivity index (χ1) is 15.2. The molecule has 10 nitrogen and oxygen atoms in total. The van der Waals surface area contributed by atoms with Gasteiger partial charge in [0.25, 0.3) is 5.91 Å². The highest BCUT2D eigenvalue weighted by molar-refractivity contribution is 6.04. The Bertz CT molecular complexity index is 1200. The predicted molar refractivity (Wildman–Crippen MR) is 111 cm³/mol. The van der Waals surface area contributed by atoms with E-state index in [1.54, 1.807) is 48.6 Å². The van der Waals surface area contributed by atoms with Crippen LogP contribution < -0.4 is 10.1 Å². The number of carbonyl (C=O) groups excluding carboxylic acids is 1. The van der Waals surface area contributed by atoms with Crippen molar-refractivity contribution in [1.29, 1.82) is 0 Å². The molecule has 1 amide bonds. The molecule has 0 radical (unpaired) electrons. The molecule has 1 aliphatic rings. The van der Waals surface area contributed by atoms with Crippen LogP contribution in [0.1, 0.15) is 10.5 Å². The number of nitrogens with one attached hydrogen (secondary N) is 2. The maximum absolute atomic E-state index is 12.9. The molecular weight excluding hydrogens is 398 g/mol. The second kappa shape index (κ2) is 8.00. The lowest BCUT2D eigenvalue weighted by molar-refractivity contribution is -0.0797. The van der Waals surface area contributed by atoms with Gasteiger partial charge in [0.05, 0.1) is 42.7 Å². The van der Waals surface area contributed by atoms with Crippen LogP contribution in [-0.2, 0) is 11.8 Å². The van der Waals surface area contributed by atoms with E-state index in [1.165, 1.54) is 0 Å². The van der Waals surface area contributed by atoms with Gasteiger partial charge in [0.15, 0.2) is 0 Å². The minimum Gasteiger partial charge on any atom is -0.484 e. The second-order valence-corrected chi connectivity index (χ2v) is 7.07. The van der Waals surface area contributed by atoms with Gasteiger partial charge in [-0.1, -0.05) is 6.07 Å². The van der Waals surface area contributed by atoms with Crippen LogP contribution in [0.15, 0.2) is 55.1 Å². The van der Waals surface area contributed by atoms with Crippen LogP contribution in [0.5, 0.6) is 5.75 Å². The Morgan fingerprint density at radius 1 is 1.23 bits per heavy atom. The quantitative estimate of drug-likeness (QED) is 0.494. The van der Waals surface area contributed by atoms with Gasteiger partial charge in [-0.3, -0.25) is 19.6 Å². The van der Waals surface area contributed by atoms with Crippen molar-refractivity contribution in [3.8, 4) is 28.4 Å². The molecule has 4 aromatic heterocycles. The van der Waals surface area contributed by atoms with Crippen LogP contribution in [0, 0.1) is 0 Å². The van der Waals surface area contributed by atoms with Gasteiger partial charge in [-0.05, 0) is 24.3 Å². The van der Waals surface area contributed by atoms with E-state index in [0.717, 1.165) is 5.56 Å². The molecule has 0 spiro atoms. The number of aromatic nitrogens is 6. The molecule has 2 N–H and O–H groups in total. The molecule has 0 bridgehead atoms. The van der Waals surface area contributed by atoms with E-state index in [9.17, 15) is 4.79 Å². The van der Waals surface area contributed by atoms with E-state index in [2.05, 4.69) is 30.6 Å². The molecule has 4 aromatic rings. The summed E-state index contributed by atoms with van der Waals surface area (Å²) in [5.41, 5.74) is 3.46. The maximum Gasteiger partial charge on any atom is 0.274 e. The second-order valence-electron chi connectivity index (χ2n) is 7.07. The van der Waals surface area contributed by atoms with Gasteiger partial charge in [-0.15, -0.1) is 0 Å². The molecule has 0 aliphatic carbocycles. The van der Waals surface area contributed by atoms with Crippen molar-refractivity contribution in [2.24, 2.45) is 7.05 Å². The van der Waals surface area contributed by atoms with Crippen LogP contribution >= 0.6 is 0 Å². The first-order valence-corrected chi connectivity index (χ1v) is 9.68. The van der Waals surface area contributed by atoms with Gasteiger partial charge in [-0.2, -0.15) is 10.2 Å². The summed E-state index contributed by atoms with van der Waals surface area (Å²) in [6, 6.07) is 8.90. The molecule has 0 unspecified atom stereocenters. The third kappa shape index (κ3) is 4.01. The standard InChI is InChI=1S/C21H19N7O3/c1-28-10-19(20(27-28)17-6-5-14(9-22-17)31-15-11-30-12-15)26-21(29)18-4-2-3-16(25-18)13-7-23-24-8-13/h2-10,15H,11-12H2,1H3,(H,23,24)(H,26,29). The van der Waals surface area contributed by atoms with Crippen molar-refractivity contribution in [3.63, 3.8) is 0 Å². The number of hydrogen-bond donors (Lipinski definition) is 2. The topological polar surface area (TPSA) is 120 Å². The highest BCUT2D eigenvalue weighted by Gasteiger charge is 2.21. The zero-order chi connectivity index (χ0) is 21.2. The Labute approximate surface area is 177 Å². The fourth-order valence-electron chi connectivity index (χ4n) is 3.13. The van der Waals surface area contributed by atoms with E-state index >= 15 is 0 Å². The monoisotopic (exact) mass is 417 g/mol. The number of carbonyl (C=O) groups is 1. The molecule has 1 saturated heterocycles. The Kier molecular flexibility index (Phi) is 4.89. The third-order valence-corrected chi connectivity index (χ3v) is 4.74. The highest BCUT2D eigenvalue weighted by Crippen LogP contribution is 2.27. The number of anilines is 1. The molecule has 31 heavy (non-hydrogen) atoms. The van der Waals surface area contributed by atoms with Gasteiger partial charge in [-0.25, -0.2) is 4.98 Å². The fourth-order valence-corrected chi connectivity index (χ4v) is 3.13. The number of ether oxygens (including phenoxy) is 2. The zero-order valence-corrected chi connectivity index (χ0v) is 16.6. The number of pyridine rings is 2. The molecule has 5 rings (SSSR count). The van der Waals surface area contributed by atoms with Crippen molar-refractivity contribution < 1.29 is 14.3 Å². The first kappa shape index (κ1) is 18.9. The minimum atomic E-state index is -0.343. The summed E-state index contributed by atoms with van der Waals surface area (Å²) in [5, 5.41) is 14.0. The van der Waals surface area contributed by atoms with Crippen LogP contribution in [0.2, 0.25) is 0 Å². The summed E-state index contributed by atoms with van der Waals surface area (Å²) in [6.07, 6.45) is 6.82. The lowest BCUT2D eigenvalue weighted by Gasteiger charge is -2.26. The molecule has 1 aliphatic heterocycles. The highest BCUT2D eigenvalue weighted by atomic mass is 16.6. The van der Waals surface area contributed by atoms with E-state index in [-0.39, 0.29) is 17.7 Å². The minimum absolute atomic E-state index is 0.0719. The number of hydrogen-bond acceptors (Lipinski definition) is 7. The van der Waals surface area contributed by atoms with E-state index < -0.39 is 0 Å². The number of nitrogens with zero attached hydrogens (tertiary/aromatic N) is 5.